The summed E-state index contributed by atoms with van der Waals surface area (Å²) in [5.74, 6) is -0.892. The second-order valence-corrected chi connectivity index (χ2v) is 3.75. The second kappa shape index (κ2) is 3.67. The molecule has 1 fully saturated rings. The maximum atomic E-state index is 10.6. The van der Waals surface area contributed by atoms with Gasteiger partial charge in [0, 0.05) is 0 Å². The van der Waals surface area contributed by atoms with Gasteiger partial charge in [-0.15, -0.1) is 0 Å². The van der Waals surface area contributed by atoms with Crippen molar-refractivity contribution in [1.29, 1.82) is 0 Å². The molecule has 2 heterocycles. The fourth-order valence-electron chi connectivity index (χ4n) is 1.79. The molecule has 0 spiro atoms. The maximum absolute atomic E-state index is 10.6. The minimum absolute atomic E-state index is 0.128. The SMILES string of the molecule is O=C(O)c1ccc(C2(O)CCNCC2)o1. The number of aliphatic hydroxyl groups is 1. The zero-order valence-electron chi connectivity index (χ0n) is 8.19. The van der Waals surface area contributed by atoms with E-state index in [1.807, 2.05) is 0 Å². The van der Waals surface area contributed by atoms with Gasteiger partial charge in [-0.3, -0.25) is 0 Å². The van der Waals surface area contributed by atoms with Crippen LogP contribution in [0.4, 0.5) is 0 Å². The van der Waals surface area contributed by atoms with E-state index >= 15 is 0 Å². The molecule has 5 nitrogen and oxygen atoms in total. The van der Waals surface area contributed by atoms with Crippen LogP contribution in [0.3, 0.4) is 0 Å². The number of aromatic carboxylic acids is 1. The van der Waals surface area contributed by atoms with Gasteiger partial charge in [-0.05, 0) is 38.1 Å². The molecule has 1 saturated heterocycles. The Labute approximate surface area is 86.7 Å². The molecule has 0 aliphatic carbocycles. The first-order valence-electron chi connectivity index (χ1n) is 4.88. The van der Waals surface area contributed by atoms with Crippen LogP contribution in [0.5, 0.6) is 0 Å². The molecule has 1 aromatic rings. The largest absolute Gasteiger partial charge is 0.475 e. The smallest absolute Gasteiger partial charge is 0.371 e. The van der Waals surface area contributed by atoms with Crippen LogP contribution < -0.4 is 5.32 Å². The average molecular weight is 211 g/mol. The van der Waals surface area contributed by atoms with Crippen LogP contribution in [-0.2, 0) is 5.60 Å². The summed E-state index contributed by atoms with van der Waals surface area (Å²) < 4.78 is 5.11. The van der Waals surface area contributed by atoms with E-state index in [9.17, 15) is 9.90 Å². The molecule has 1 aliphatic rings. The van der Waals surface area contributed by atoms with E-state index in [4.69, 9.17) is 9.52 Å². The first-order valence-corrected chi connectivity index (χ1v) is 4.88. The summed E-state index contributed by atoms with van der Waals surface area (Å²) in [6.45, 7) is 1.42. The molecular weight excluding hydrogens is 198 g/mol. The highest BCUT2D eigenvalue weighted by molar-refractivity contribution is 5.84. The molecule has 0 amide bonds. The fraction of sp³-hybridized carbons (Fsp3) is 0.500. The van der Waals surface area contributed by atoms with E-state index in [2.05, 4.69) is 5.32 Å². The van der Waals surface area contributed by atoms with Crippen molar-refractivity contribution in [3.63, 3.8) is 0 Å². The number of piperidine rings is 1. The molecule has 0 saturated carbocycles. The van der Waals surface area contributed by atoms with Crippen molar-refractivity contribution < 1.29 is 19.4 Å². The lowest BCUT2D eigenvalue weighted by Gasteiger charge is -2.30. The van der Waals surface area contributed by atoms with Crippen molar-refractivity contribution in [3.8, 4) is 0 Å². The Kier molecular flexibility index (Phi) is 2.50. The van der Waals surface area contributed by atoms with Crippen LogP contribution >= 0.6 is 0 Å². The topological polar surface area (TPSA) is 82.7 Å². The lowest BCUT2D eigenvalue weighted by Crippen LogP contribution is -2.39. The minimum atomic E-state index is -1.11. The predicted octanol–water partition coefficient (Wildman–Crippen LogP) is 0.549. The standard InChI is InChI=1S/C10H13NO4/c12-9(13)7-1-2-8(15-7)10(14)3-5-11-6-4-10/h1-2,11,14H,3-6H2,(H,12,13). The summed E-state index contributed by atoms with van der Waals surface area (Å²) in [5.41, 5.74) is -1.01. The quantitative estimate of drug-likeness (QED) is 0.665. The number of rotatable bonds is 2. The summed E-state index contributed by atoms with van der Waals surface area (Å²) in [4.78, 5) is 10.6. The normalized spacial score (nSPS) is 20.1. The maximum Gasteiger partial charge on any atom is 0.371 e. The van der Waals surface area contributed by atoms with Crippen LogP contribution in [0, 0.1) is 0 Å². The monoisotopic (exact) mass is 211 g/mol. The predicted molar refractivity (Wildman–Crippen MR) is 51.7 cm³/mol. The number of carboxylic acids is 1. The number of furan rings is 1. The van der Waals surface area contributed by atoms with Gasteiger partial charge in [0.2, 0.25) is 5.76 Å². The van der Waals surface area contributed by atoms with Gasteiger partial charge in [0.05, 0.1) is 0 Å². The zero-order chi connectivity index (χ0) is 10.9. The summed E-state index contributed by atoms with van der Waals surface area (Å²) in [6.07, 6.45) is 1.08. The summed E-state index contributed by atoms with van der Waals surface area (Å²) >= 11 is 0. The van der Waals surface area contributed by atoms with Crippen LogP contribution in [0.1, 0.15) is 29.2 Å². The van der Waals surface area contributed by atoms with E-state index in [1.165, 1.54) is 12.1 Å². The number of carbonyl (C=O) groups is 1. The number of hydrogen-bond acceptors (Lipinski definition) is 4. The first-order chi connectivity index (χ1) is 7.12. The molecule has 1 aromatic heterocycles. The molecule has 3 N–H and O–H groups in total. The first kappa shape index (κ1) is 10.2. The van der Waals surface area contributed by atoms with Gasteiger partial charge in [-0.25, -0.2) is 4.79 Å². The third kappa shape index (κ3) is 1.88. The van der Waals surface area contributed by atoms with Gasteiger partial charge < -0.3 is 19.9 Å². The highest BCUT2D eigenvalue weighted by Gasteiger charge is 2.34. The number of carboxylic acid groups (broad SMARTS) is 1. The van der Waals surface area contributed by atoms with Crippen molar-refractivity contribution in [2.45, 2.75) is 18.4 Å². The van der Waals surface area contributed by atoms with Crippen molar-refractivity contribution in [3.05, 3.63) is 23.7 Å². The number of hydrogen-bond donors (Lipinski definition) is 3. The Hall–Kier alpha value is -1.33. The zero-order valence-corrected chi connectivity index (χ0v) is 8.19. The molecule has 0 unspecified atom stereocenters. The molecule has 0 aromatic carbocycles. The molecule has 2 rings (SSSR count). The molecule has 1 aliphatic heterocycles. The molecule has 0 radical (unpaired) electrons. The summed E-state index contributed by atoms with van der Waals surface area (Å²) in [5, 5.41) is 22.0. The fourth-order valence-corrected chi connectivity index (χ4v) is 1.79. The van der Waals surface area contributed by atoms with E-state index < -0.39 is 11.6 Å². The molecule has 5 heteroatoms. The van der Waals surface area contributed by atoms with E-state index in [1.54, 1.807) is 0 Å². The minimum Gasteiger partial charge on any atom is -0.475 e. The highest BCUT2D eigenvalue weighted by Crippen LogP contribution is 2.31. The van der Waals surface area contributed by atoms with Gasteiger partial charge in [0.1, 0.15) is 11.4 Å². The van der Waals surface area contributed by atoms with Crippen molar-refractivity contribution >= 4 is 5.97 Å². The van der Waals surface area contributed by atoms with Gasteiger partial charge in [-0.1, -0.05) is 0 Å². The third-order valence-electron chi connectivity index (χ3n) is 2.71. The van der Waals surface area contributed by atoms with Gasteiger partial charge in [-0.2, -0.15) is 0 Å². The Bertz CT molecular complexity index is 365. The Morgan fingerprint density at radius 2 is 2.07 bits per heavy atom. The van der Waals surface area contributed by atoms with E-state index in [0.717, 1.165) is 0 Å². The van der Waals surface area contributed by atoms with Crippen molar-refractivity contribution in [2.24, 2.45) is 0 Å². The third-order valence-corrected chi connectivity index (χ3v) is 2.71. The van der Waals surface area contributed by atoms with Gasteiger partial charge in [0.25, 0.3) is 0 Å². The van der Waals surface area contributed by atoms with Crippen LogP contribution in [0.2, 0.25) is 0 Å². The van der Waals surface area contributed by atoms with E-state index in [-0.39, 0.29) is 5.76 Å². The van der Waals surface area contributed by atoms with Crippen molar-refractivity contribution in [1.82, 2.24) is 5.32 Å². The molecule has 0 bridgehead atoms. The van der Waals surface area contributed by atoms with Gasteiger partial charge in [0.15, 0.2) is 0 Å². The number of nitrogens with one attached hydrogen (secondary N) is 1. The Morgan fingerprint density at radius 3 is 2.60 bits per heavy atom. The Balaban J connectivity index is 2.23. The van der Waals surface area contributed by atoms with E-state index in [0.29, 0.717) is 31.7 Å². The van der Waals surface area contributed by atoms with Crippen LogP contribution in [0.25, 0.3) is 0 Å². The van der Waals surface area contributed by atoms with Crippen LogP contribution in [-0.4, -0.2) is 29.3 Å². The lowest BCUT2D eigenvalue weighted by molar-refractivity contribution is -0.0146. The molecule has 0 atom stereocenters. The second-order valence-electron chi connectivity index (χ2n) is 3.75. The molecule has 82 valence electrons. The van der Waals surface area contributed by atoms with Crippen molar-refractivity contribution in [2.75, 3.05) is 13.1 Å². The summed E-state index contributed by atoms with van der Waals surface area (Å²) in [6, 6.07) is 2.91. The van der Waals surface area contributed by atoms with Gasteiger partial charge >= 0.3 is 5.97 Å². The Morgan fingerprint density at radius 1 is 1.40 bits per heavy atom. The molecular formula is C10H13NO4. The van der Waals surface area contributed by atoms with Crippen LogP contribution in [0.15, 0.2) is 16.5 Å². The highest BCUT2D eigenvalue weighted by atomic mass is 16.4. The average Bonchev–Trinajstić information content (AvgIpc) is 2.68. The lowest BCUT2D eigenvalue weighted by atomic mass is 9.90. The summed E-state index contributed by atoms with van der Waals surface area (Å²) in [7, 11) is 0. The molecule has 15 heavy (non-hydrogen) atoms.